The van der Waals surface area contributed by atoms with Crippen LogP contribution in [0.2, 0.25) is 0 Å². The van der Waals surface area contributed by atoms with Crippen LogP contribution < -0.4 is 10.1 Å². The van der Waals surface area contributed by atoms with Crippen molar-refractivity contribution in [2.45, 2.75) is 53.0 Å². The van der Waals surface area contributed by atoms with E-state index in [1.807, 2.05) is 36.6 Å². The quantitative estimate of drug-likeness (QED) is 0.705. The number of para-hydroxylation sites is 1. The van der Waals surface area contributed by atoms with Crippen molar-refractivity contribution in [2.75, 3.05) is 6.61 Å². The minimum Gasteiger partial charge on any atom is -0.493 e. The van der Waals surface area contributed by atoms with Crippen LogP contribution in [0.3, 0.4) is 0 Å². The maximum Gasteiger partial charge on any atom is 0.226 e. The van der Waals surface area contributed by atoms with E-state index in [1.54, 1.807) is 11.3 Å². The number of nitrogens with one attached hydrogen (secondary N) is 1. The molecule has 0 radical (unpaired) electrons. The van der Waals surface area contributed by atoms with Gasteiger partial charge in [-0.2, -0.15) is 0 Å². The van der Waals surface area contributed by atoms with Gasteiger partial charge in [0, 0.05) is 11.4 Å². The molecule has 1 aromatic heterocycles. The molecule has 0 saturated heterocycles. The molecule has 5 heteroatoms. The first kappa shape index (κ1) is 19.4. The van der Waals surface area contributed by atoms with Crippen LogP contribution in [0, 0.1) is 5.92 Å². The molecule has 1 aromatic carbocycles. The maximum absolute atomic E-state index is 12.2. The number of thiazole rings is 1. The van der Waals surface area contributed by atoms with Crippen molar-refractivity contribution in [3.8, 4) is 16.3 Å². The lowest BCUT2D eigenvalue weighted by molar-refractivity contribution is -0.121. The van der Waals surface area contributed by atoms with Crippen LogP contribution in [-0.4, -0.2) is 23.5 Å². The zero-order chi connectivity index (χ0) is 18.2. The molecule has 136 valence electrons. The summed E-state index contributed by atoms with van der Waals surface area (Å²) in [6, 6.07) is 8.08. The summed E-state index contributed by atoms with van der Waals surface area (Å²) in [4.78, 5) is 16.8. The van der Waals surface area contributed by atoms with Gasteiger partial charge < -0.3 is 10.1 Å². The fourth-order valence-electron chi connectivity index (χ4n) is 2.58. The molecule has 0 fully saturated rings. The summed E-state index contributed by atoms with van der Waals surface area (Å²) in [5.41, 5.74) is 1.78. The monoisotopic (exact) mass is 360 g/mol. The third-order valence-corrected chi connectivity index (χ3v) is 4.82. The molecule has 0 aliphatic heterocycles. The summed E-state index contributed by atoms with van der Waals surface area (Å²) in [6.07, 6.45) is 2.45. The van der Waals surface area contributed by atoms with Crippen molar-refractivity contribution in [1.29, 1.82) is 0 Å². The Kier molecular flexibility index (Phi) is 7.44. The molecular weight excluding hydrogens is 332 g/mol. The SMILES string of the molecule is CCOc1ccccc1-c1nc(CC(=O)N[C@@H](C)CCC(C)C)cs1. The second kappa shape index (κ2) is 9.56. The Morgan fingerprint density at radius 1 is 1.24 bits per heavy atom. The van der Waals surface area contributed by atoms with Gasteiger partial charge in [-0.3, -0.25) is 4.79 Å². The van der Waals surface area contributed by atoms with Crippen molar-refractivity contribution in [3.05, 3.63) is 35.3 Å². The lowest BCUT2D eigenvalue weighted by Gasteiger charge is -2.14. The number of hydrogen-bond acceptors (Lipinski definition) is 4. The number of amides is 1. The number of benzene rings is 1. The summed E-state index contributed by atoms with van der Waals surface area (Å²) in [7, 11) is 0. The summed E-state index contributed by atoms with van der Waals surface area (Å²) < 4.78 is 5.67. The predicted molar refractivity (Wildman–Crippen MR) is 104 cm³/mol. The normalized spacial score (nSPS) is 12.2. The van der Waals surface area contributed by atoms with Gasteiger partial charge in [-0.25, -0.2) is 4.98 Å². The molecule has 25 heavy (non-hydrogen) atoms. The van der Waals surface area contributed by atoms with E-state index in [9.17, 15) is 4.79 Å². The highest BCUT2D eigenvalue weighted by Crippen LogP contribution is 2.32. The van der Waals surface area contributed by atoms with Crippen LogP contribution in [0.5, 0.6) is 5.75 Å². The van der Waals surface area contributed by atoms with Gasteiger partial charge in [0.2, 0.25) is 5.91 Å². The van der Waals surface area contributed by atoms with Gasteiger partial charge in [-0.15, -0.1) is 11.3 Å². The van der Waals surface area contributed by atoms with Gasteiger partial charge in [0.15, 0.2) is 0 Å². The molecule has 2 rings (SSSR count). The molecule has 0 unspecified atom stereocenters. The van der Waals surface area contributed by atoms with Gasteiger partial charge in [-0.05, 0) is 44.7 Å². The van der Waals surface area contributed by atoms with Crippen molar-refractivity contribution >= 4 is 17.2 Å². The molecule has 1 amide bonds. The number of rotatable bonds is 9. The second-order valence-corrected chi connectivity index (χ2v) is 7.55. The van der Waals surface area contributed by atoms with E-state index >= 15 is 0 Å². The van der Waals surface area contributed by atoms with Crippen molar-refractivity contribution in [1.82, 2.24) is 10.3 Å². The molecule has 0 spiro atoms. The topological polar surface area (TPSA) is 51.2 Å². The fourth-order valence-corrected chi connectivity index (χ4v) is 3.43. The Hall–Kier alpha value is -1.88. The highest BCUT2D eigenvalue weighted by Gasteiger charge is 2.14. The van der Waals surface area contributed by atoms with Crippen LogP contribution in [0.15, 0.2) is 29.6 Å². The Morgan fingerprint density at radius 2 is 2.00 bits per heavy atom. The van der Waals surface area contributed by atoms with Crippen LogP contribution >= 0.6 is 11.3 Å². The summed E-state index contributed by atoms with van der Waals surface area (Å²) in [5, 5.41) is 5.91. The first-order chi connectivity index (χ1) is 12.0. The fraction of sp³-hybridized carbons (Fsp3) is 0.500. The Labute approximate surface area is 154 Å². The third kappa shape index (κ3) is 6.16. The minimum atomic E-state index is 0.0335. The lowest BCUT2D eigenvalue weighted by atomic mass is 10.0. The molecule has 0 aliphatic rings. The standard InChI is InChI=1S/C20H28N2O2S/c1-5-24-18-9-7-6-8-17(18)20-22-16(13-25-20)12-19(23)21-15(4)11-10-14(2)3/h6-9,13-15H,5,10-12H2,1-4H3,(H,21,23)/t15-/m0/s1. The van der Waals surface area contributed by atoms with E-state index in [2.05, 4.69) is 31.1 Å². The van der Waals surface area contributed by atoms with E-state index in [-0.39, 0.29) is 11.9 Å². The molecule has 0 saturated carbocycles. The van der Waals surface area contributed by atoms with Gasteiger partial charge >= 0.3 is 0 Å². The van der Waals surface area contributed by atoms with Crippen LogP contribution in [-0.2, 0) is 11.2 Å². The van der Waals surface area contributed by atoms with E-state index in [1.165, 1.54) is 0 Å². The molecule has 1 atom stereocenters. The molecule has 4 nitrogen and oxygen atoms in total. The number of ether oxygens (including phenoxy) is 1. The second-order valence-electron chi connectivity index (χ2n) is 6.69. The number of nitrogens with zero attached hydrogens (tertiary/aromatic N) is 1. The van der Waals surface area contributed by atoms with E-state index < -0.39 is 0 Å². The van der Waals surface area contributed by atoms with Gasteiger partial charge in [-0.1, -0.05) is 26.0 Å². The van der Waals surface area contributed by atoms with Gasteiger partial charge in [0.05, 0.1) is 24.3 Å². The third-order valence-electron chi connectivity index (χ3n) is 3.90. The first-order valence-corrected chi connectivity index (χ1v) is 9.83. The van der Waals surface area contributed by atoms with Gasteiger partial charge in [0.25, 0.3) is 0 Å². The summed E-state index contributed by atoms with van der Waals surface area (Å²) >= 11 is 1.55. The van der Waals surface area contributed by atoms with Crippen LogP contribution in [0.1, 0.15) is 46.2 Å². The molecule has 1 heterocycles. The number of carbonyl (C=O) groups is 1. The molecule has 2 aromatic rings. The first-order valence-electron chi connectivity index (χ1n) is 8.95. The highest BCUT2D eigenvalue weighted by atomic mass is 32.1. The van der Waals surface area contributed by atoms with Crippen molar-refractivity contribution in [2.24, 2.45) is 5.92 Å². The molecular formula is C20H28N2O2S. The highest BCUT2D eigenvalue weighted by molar-refractivity contribution is 7.13. The van der Waals surface area contributed by atoms with Crippen LogP contribution in [0.4, 0.5) is 0 Å². The van der Waals surface area contributed by atoms with Gasteiger partial charge in [0.1, 0.15) is 10.8 Å². The number of hydrogen-bond donors (Lipinski definition) is 1. The average molecular weight is 361 g/mol. The van der Waals surface area contributed by atoms with E-state index in [0.717, 1.165) is 34.9 Å². The van der Waals surface area contributed by atoms with E-state index in [0.29, 0.717) is 18.9 Å². The average Bonchev–Trinajstić information content (AvgIpc) is 3.02. The predicted octanol–water partition coefficient (Wildman–Crippen LogP) is 4.69. The molecule has 0 bridgehead atoms. The van der Waals surface area contributed by atoms with E-state index in [4.69, 9.17) is 4.74 Å². The summed E-state index contributed by atoms with van der Waals surface area (Å²) in [5.74, 6) is 1.52. The Bertz CT molecular complexity index is 682. The Balaban J connectivity index is 1.96. The van der Waals surface area contributed by atoms with Crippen molar-refractivity contribution < 1.29 is 9.53 Å². The maximum atomic E-state index is 12.2. The minimum absolute atomic E-state index is 0.0335. The Morgan fingerprint density at radius 3 is 2.72 bits per heavy atom. The summed E-state index contributed by atoms with van der Waals surface area (Å²) in [6.45, 7) is 9.04. The number of aromatic nitrogens is 1. The molecule has 1 N–H and O–H groups in total. The molecule has 0 aliphatic carbocycles. The smallest absolute Gasteiger partial charge is 0.226 e. The zero-order valence-corrected chi connectivity index (χ0v) is 16.4. The zero-order valence-electron chi connectivity index (χ0n) is 15.5. The van der Waals surface area contributed by atoms with Crippen molar-refractivity contribution in [3.63, 3.8) is 0 Å². The van der Waals surface area contributed by atoms with Crippen LogP contribution in [0.25, 0.3) is 10.6 Å². The lowest BCUT2D eigenvalue weighted by Crippen LogP contribution is -2.33. The largest absolute Gasteiger partial charge is 0.493 e. The number of carbonyl (C=O) groups excluding carboxylic acids is 1.